The molecule has 0 spiro atoms. The first-order valence-corrected chi connectivity index (χ1v) is 11.1. The normalized spacial score (nSPS) is 12.7. The molecule has 0 heterocycles. The Morgan fingerprint density at radius 1 is 1.20 bits per heavy atom. The van der Waals surface area contributed by atoms with Crippen molar-refractivity contribution in [2.75, 3.05) is 6.61 Å². The molecule has 5 nitrogen and oxygen atoms in total. The van der Waals surface area contributed by atoms with Gasteiger partial charge in [-0.15, -0.1) is 0 Å². The molecular formula is C23H28BrClN2O3. The predicted octanol–water partition coefficient (Wildman–Crippen LogP) is 5.12. The molecule has 0 radical (unpaired) electrons. The van der Waals surface area contributed by atoms with Crippen molar-refractivity contribution >= 4 is 39.3 Å². The van der Waals surface area contributed by atoms with Crippen LogP contribution < -0.4 is 10.1 Å². The van der Waals surface area contributed by atoms with Crippen LogP contribution in [0.2, 0.25) is 5.02 Å². The average Bonchev–Trinajstić information content (AvgIpc) is 2.72. The monoisotopic (exact) mass is 494 g/mol. The smallest absolute Gasteiger partial charge is 0.261 e. The van der Waals surface area contributed by atoms with E-state index in [1.54, 1.807) is 30.0 Å². The lowest BCUT2D eigenvalue weighted by Gasteiger charge is -2.29. The van der Waals surface area contributed by atoms with E-state index in [1.807, 2.05) is 45.0 Å². The molecule has 162 valence electrons. The molecule has 0 fully saturated rings. The second kappa shape index (κ2) is 11.4. The van der Waals surface area contributed by atoms with Crippen LogP contribution in [0.4, 0.5) is 0 Å². The van der Waals surface area contributed by atoms with E-state index in [0.29, 0.717) is 17.3 Å². The van der Waals surface area contributed by atoms with Crippen molar-refractivity contribution in [1.82, 2.24) is 10.2 Å². The molecule has 0 aromatic heterocycles. The highest BCUT2D eigenvalue weighted by molar-refractivity contribution is 9.10. The van der Waals surface area contributed by atoms with Crippen LogP contribution in [0.3, 0.4) is 0 Å². The first-order chi connectivity index (χ1) is 14.2. The lowest BCUT2D eigenvalue weighted by molar-refractivity contribution is -0.142. The number of carbonyl (C=O) groups excluding carboxylic acids is 2. The zero-order valence-electron chi connectivity index (χ0n) is 17.7. The van der Waals surface area contributed by atoms with Crippen LogP contribution >= 0.6 is 27.5 Å². The van der Waals surface area contributed by atoms with Gasteiger partial charge in [-0.3, -0.25) is 9.59 Å². The zero-order chi connectivity index (χ0) is 22.3. The molecule has 7 heteroatoms. The van der Waals surface area contributed by atoms with Gasteiger partial charge in [0, 0.05) is 22.1 Å². The molecule has 0 aliphatic heterocycles. The number of halogens is 2. The molecule has 0 aliphatic rings. The number of carbonyl (C=O) groups is 2. The molecule has 0 saturated heterocycles. The molecular weight excluding hydrogens is 468 g/mol. The van der Waals surface area contributed by atoms with E-state index in [2.05, 4.69) is 21.2 Å². The third kappa shape index (κ3) is 7.03. The summed E-state index contributed by atoms with van der Waals surface area (Å²) in [4.78, 5) is 27.3. The molecule has 2 aromatic rings. The minimum Gasteiger partial charge on any atom is -0.484 e. The zero-order valence-corrected chi connectivity index (χ0v) is 20.1. The van der Waals surface area contributed by atoms with Gasteiger partial charge in [-0.2, -0.15) is 0 Å². The summed E-state index contributed by atoms with van der Waals surface area (Å²) in [5.74, 6) is 0.105. The third-order valence-corrected chi connectivity index (χ3v) is 5.82. The van der Waals surface area contributed by atoms with Crippen LogP contribution in [-0.2, 0) is 16.1 Å². The van der Waals surface area contributed by atoms with Gasteiger partial charge >= 0.3 is 0 Å². The number of ether oxygens (including phenoxy) is 1. The number of nitrogens with one attached hydrogen (secondary N) is 1. The quantitative estimate of drug-likeness (QED) is 0.525. The van der Waals surface area contributed by atoms with Crippen LogP contribution in [0, 0.1) is 6.92 Å². The van der Waals surface area contributed by atoms with Crippen molar-refractivity contribution in [3.05, 3.63) is 63.1 Å². The summed E-state index contributed by atoms with van der Waals surface area (Å²) in [5, 5.41) is 3.59. The lowest BCUT2D eigenvalue weighted by Crippen LogP contribution is -2.50. The summed E-state index contributed by atoms with van der Waals surface area (Å²) in [6.07, 6.45) is 0.817. The topological polar surface area (TPSA) is 58.6 Å². The first-order valence-electron chi connectivity index (χ1n) is 9.94. The van der Waals surface area contributed by atoms with Crippen molar-refractivity contribution in [1.29, 1.82) is 0 Å². The Balaban J connectivity index is 2.16. The fourth-order valence-electron chi connectivity index (χ4n) is 2.82. The maximum Gasteiger partial charge on any atom is 0.261 e. The van der Waals surface area contributed by atoms with E-state index >= 15 is 0 Å². The van der Waals surface area contributed by atoms with Crippen LogP contribution in [0.1, 0.15) is 38.3 Å². The van der Waals surface area contributed by atoms with E-state index in [4.69, 9.17) is 16.3 Å². The number of nitrogens with zero attached hydrogens (tertiary/aromatic N) is 1. The van der Waals surface area contributed by atoms with E-state index in [1.165, 1.54) is 0 Å². The van der Waals surface area contributed by atoms with Crippen molar-refractivity contribution in [2.24, 2.45) is 0 Å². The third-order valence-electron chi connectivity index (χ3n) is 4.90. The van der Waals surface area contributed by atoms with Crippen molar-refractivity contribution in [3.63, 3.8) is 0 Å². The molecule has 30 heavy (non-hydrogen) atoms. The van der Waals surface area contributed by atoms with Crippen LogP contribution in [0.15, 0.2) is 46.9 Å². The number of aryl methyl sites for hydroxylation is 1. The molecule has 2 aromatic carbocycles. The van der Waals surface area contributed by atoms with Crippen LogP contribution in [-0.4, -0.2) is 35.4 Å². The number of hydrogen-bond donors (Lipinski definition) is 1. The van der Waals surface area contributed by atoms with Gasteiger partial charge in [-0.25, -0.2) is 0 Å². The lowest BCUT2D eigenvalue weighted by atomic mass is 10.1. The number of rotatable bonds is 9. The minimum atomic E-state index is -0.638. The summed E-state index contributed by atoms with van der Waals surface area (Å²) in [6.45, 7) is 7.68. The number of benzene rings is 2. The number of hydrogen-bond acceptors (Lipinski definition) is 3. The first kappa shape index (κ1) is 24.2. The van der Waals surface area contributed by atoms with E-state index in [9.17, 15) is 9.59 Å². The van der Waals surface area contributed by atoms with Crippen LogP contribution in [0.25, 0.3) is 0 Å². The fraction of sp³-hybridized carbons (Fsp3) is 0.391. The van der Waals surface area contributed by atoms with E-state index in [0.717, 1.165) is 22.0 Å². The van der Waals surface area contributed by atoms with E-state index in [-0.39, 0.29) is 24.5 Å². The van der Waals surface area contributed by atoms with Gasteiger partial charge in [-0.05, 0) is 68.7 Å². The summed E-state index contributed by atoms with van der Waals surface area (Å²) in [5.41, 5.74) is 1.79. The molecule has 0 aliphatic carbocycles. The van der Waals surface area contributed by atoms with Crippen molar-refractivity contribution in [2.45, 2.75) is 52.7 Å². The largest absolute Gasteiger partial charge is 0.484 e. The Kier molecular flexibility index (Phi) is 9.18. The van der Waals surface area contributed by atoms with Crippen LogP contribution in [0.5, 0.6) is 5.75 Å². The Hall–Kier alpha value is -2.05. The highest BCUT2D eigenvalue weighted by atomic mass is 79.9. The molecule has 0 bridgehead atoms. The van der Waals surface area contributed by atoms with Crippen molar-refractivity contribution in [3.8, 4) is 5.75 Å². The molecule has 2 atom stereocenters. The molecule has 2 rings (SSSR count). The summed E-state index contributed by atoms with van der Waals surface area (Å²) >= 11 is 9.50. The minimum absolute atomic E-state index is 0.0380. The standard InChI is InChI=1S/C23H28BrClN2O3/c1-5-16(3)26-23(29)17(4)27(13-18-7-6-8-19(24)12-18)22(28)14-30-20-9-10-21(25)15(2)11-20/h6-12,16-17H,5,13-14H2,1-4H3,(H,26,29)/t16-,17+/m1/s1. The Morgan fingerprint density at radius 3 is 2.57 bits per heavy atom. The maximum atomic E-state index is 13.0. The molecule has 2 amide bonds. The average molecular weight is 496 g/mol. The van der Waals surface area contributed by atoms with Gasteiger partial charge in [0.15, 0.2) is 6.61 Å². The van der Waals surface area contributed by atoms with Gasteiger partial charge in [0.05, 0.1) is 0 Å². The predicted molar refractivity (Wildman–Crippen MR) is 124 cm³/mol. The van der Waals surface area contributed by atoms with Gasteiger partial charge < -0.3 is 15.0 Å². The fourth-order valence-corrected chi connectivity index (χ4v) is 3.38. The second-order valence-electron chi connectivity index (χ2n) is 7.35. The van der Waals surface area contributed by atoms with Gasteiger partial charge in [0.25, 0.3) is 5.91 Å². The highest BCUT2D eigenvalue weighted by Crippen LogP contribution is 2.21. The second-order valence-corrected chi connectivity index (χ2v) is 8.67. The summed E-state index contributed by atoms with van der Waals surface area (Å²) < 4.78 is 6.60. The SMILES string of the molecule is CC[C@@H](C)NC(=O)[C@H](C)N(Cc1cccc(Br)c1)C(=O)COc1ccc(Cl)c(C)c1. The highest BCUT2D eigenvalue weighted by Gasteiger charge is 2.27. The maximum absolute atomic E-state index is 13.0. The van der Waals surface area contributed by atoms with Crippen molar-refractivity contribution < 1.29 is 14.3 Å². The summed E-state index contributed by atoms with van der Waals surface area (Å²) in [6, 6.07) is 12.3. The Bertz CT molecular complexity index is 891. The van der Waals surface area contributed by atoms with Gasteiger partial charge in [-0.1, -0.05) is 46.6 Å². The Morgan fingerprint density at radius 2 is 1.93 bits per heavy atom. The van der Waals surface area contributed by atoms with Gasteiger partial charge in [0.1, 0.15) is 11.8 Å². The Labute approximate surface area is 191 Å². The summed E-state index contributed by atoms with van der Waals surface area (Å²) in [7, 11) is 0. The number of amides is 2. The molecule has 0 saturated carbocycles. The molecule has 1 N–H and O–H groups in total. The molecule has 0 unspecified atom stereocenters. The van der Waals surface area contributed by atoms with E-state index < -0.39 is 6.04 Å². The van der Waals surface area contributed by atoms with Gasteiger partial charge in [0.2, 0.25) is 5.91 Å².